The molecule has 0 aliphatic carbocycles. The zero-order valence-electron chi connectivity index (χ0n) is 10.6. The lowest BCUT2D eigenvalue weighted by Gasteiger charge is -2.07. The van der Waals surface area contributed by atoms with Crippen LogP contribution < -0.4 is 5.32 Å². The Kier molecular flexibility index (Phi) is 4.93. The van der Waals surface area contributed by atoms with E-state index in [4.69, 9.17) is 16.7 Å². The minimum absolute atomic E-state index is 0.161. The van der Waals surface area contributed by atoms with Gasteiger partial charge in [0, 0.05) is 4.47 Å². The molecule has 1 amide bonds. The van der Waals surface area contributed by atoms with E-state index in [1.165, 1.54) is 6.20 Å². The predicted molar refractivity (Wildman–Crippen MR) is 82.7 cm³/mol. The van der Waals surface area contributed by atoms with Crippen molar-refractivity contribution in [2.75, 3.05) is 5.32 Å². The Morgan fingerprint density at radius 2 is 2.05 bits per heavy atom. The monoisotopic (exact) mass is 368 g/mol. The summed E-state index contributed by atoms with van der Waals surface area (Å²) in [5.41, 5.74) is 1.21. The summed E-state index contributed by atoms with van der Waals surface area (Å²) < 4.78 is 0.743. The highest BCUT2D eigenvalue weighted by Crippen LogP contribution is 2.22. The first kappa shape index (κ1) is 15.5. The molecule has 2 aromatic rings. The molecular formula is C14H10BrClN2O3. The van der Waals surface area contributed by atoms with Crippen LogP contribution in [0.5, 0.6) is 0 Å². The van der Waals surface area contributed by atoms with E-state index in [0.717, 1.165) is 4.47 Å². The van der Waals surface area contributed by atoms with Crippen LogP contribution in [-0.2, 0) is 11.2 Å². The predicted octanol–water partition coefficient (Wildman–Crippen LogP) is 3.38. The van der Waals surface area contributed by atoms with Crippen molar-refractivity contribution in [2.24, 2.45) is 0 Å². The van der Waals surface area contributed by atoms with Gasteiger partial charge in [0.25, 0.3) is 5.91 Å². The van der Waals surface area contributed by atoms with Gasteiger partial charge < -0.3 is 10.4 Å². The highest BCUT2D eigenvalue weighted by Gasteiger charge is 2.11. The minimum atomic E-state index is -0.958. The maximum Gasteiger partial charge on any atom is 0.309 e. The molecule has 0 aliphatic heterocycles. The van der Waals surface area contributed by atoms with Crippen LogP contribution in [0.1, 0.15) is 16.1 Å². The average Bonchev–Trinajstić information content (AvgIpc) is 2.43. The van der Waals surface area contributed by atoms with Gasteiger partial charge in [-0.3, -0.25) is 14.6 Å². The van der Waals surface area contributed by atoms with Crippen LogP contribution in [0.2, 0.25) is 5.02 Å². The Hall–Kier alpha value is -1.92. The quantitative estimate of drug-likeness (QED) is 0.866. The summed E-state index contributed by atoms with van der Waals surface area (Å²) in [7, 11) is 0. The van der Waals surface area contributed by atoms with E-state index >= 15 is 0 Å². The molecule has 0 bridgehead atoms. The molecule has 0 unspecified atom stereocenters. The number of halogens is 2. The number of nitrogens with zero attached hydrogens (tertiary/aromatic N) is 1. The first-order chi connectivity index (χ1) is 9.95. The van der Waals surface area contributed by atoms with Gasteiger partial charge in [0.15, 0.2) is 0 Å². The number of rotatable bonds is 4. The molecule has 7 heteroatoms. The number of carbonyl (C=O) groups excluding carboxylic acids is 1. The second kappa shape index (κ2) is 6.69. The smallest absolute Gasteiger partial charge is 0.309 e. The van der Waals surface area contributed by atoms with Crippen LogP contribution >= 0.6 is 27.5 Å². The van der Waals surface area contributed by atoms with Crippen molar-refractivity contribution in [3.63, 3.8) is 0 Å². The van der Waals surface area contributed by atoms with Gasteiger partial charge >= 0.3 is 5.97 Å². The lowest BCUT2D eigenvalue weighted by molar-refractivity contribution is -0.136. The molecule has 108 valence electrons. The second-order valence-electron chi connectivity index (χ2n) is 4.19. The fourth-order valence-electron chi connectivity index (χ4n) is 1.63. The van der Waals surface area contributed by atoms with Crippen molar-refractivity contribution in [1.82, 2.24) is 4.98 Å². The van der Waals surface area contributed by atoms with Gasteiger partial charge in [-0.05, 0) is 30.3 Å². The third-order valence-corrected chi connectivity index (χ3v) is 3.41. The lowest BCUT2D eigenvalue weighted by atomic mass is 10.2. The van der Waals surface area contributed by atoms with Crippen molar-refractivity contribution < 1.29 is 14.7 Å². The van der Waals surface area contributed by atoms with Gasteiger partial charge in [0.05, 0.1) is 34.6 Å². The number of hydrogen-bond acceptors (Lipinski definition) is 3. The molecule has 0 atom stereocenters. The highest BCUT2D eigenvalue weighted by atomic mass is 79.9. The average molecular weight is 370 g/mol. The molecule has 5 nitrogen and oxygen atoms in total. The summed E-state index contributed by atoms with van der Waals surface area (Å²) in [5, 5.41) is 11.6. The number of aromatic nitrogens is 1. The maximum absolute atomic E-state index is 12.1. The maximum atomic E-state index is 12.1. The first-order valence-electron chi connectivity index (χ1n) is 5.89. The van der Waals surface area contributed by atoms with Crippen LogP contribution in [0.4, 0.5) is 5.69 Å². The van der Waals surface area contributed by atoms with Crippen LogP contribution in [0.3, 0.4) is 0 Å². The number of nitrogens with one attached hydrogen (secondary N) is 1. The van der Waals surface area contributed by atoms with E-state index in [1.54, 1.807) is 30.3 Å². The number of pyridine rings is 1. The first-order valence-corrected chi connectivity index (χ1v) is 7.06. The molecule has 1 aromatic carbocycles. The lowest BCUT2D eigenvalue weighted by Crippen LogP contribution is -2.13. The van der Waals surface area contributed by atoms with Gasteiger partial charge in [-0.15, -0.1) is 0 Å². The Bertz CT molecular complexity index is 689. The molecule has 1 heterocycles. The third-order valence-electron chi connectivity index (χ3n) is 2.59. The van der Waals surface area contributed by atoms with E-state index < -0.39 is 5.97 Å². The Morgan fingerprint density at radius 1 is 1.29 bits per heavy atom. The fourth-order valence-corrected chi connectivity index (χ4v) is 2.19. The van der Waals surface area contributed by atoms with Crippen LogP contribution in [0.15, 0.2) is 41.0 Å². The van der Waals surface area contributed by atoms with Gasteiger partial charge in [-0.1, -0.05) is 27.5 Å². The van der Waals surface area contributed by atoms with E-state index in [0.29, 0.717) is 22.0 Å². The number of hydrogen-bond donors (Lipinski definition) is 2. The van der Waals surface area contributed by atoms with Crippen LogP contribution in [0, 0.1) is 0 Å². The summed E-state index contributed by atoms with van der Waals surface area (Å²) in [5.74, 6) is -1.32. The van der Waals surface area contributed by atoms with E-state index in [9.17, 15) is 9.59 Å². The topological polar surface area (TPSA) is 79.3 Å². The van der Waals surface area contributed by atoms with Gasteiger partial charge in [-0.2, -0.15) is 0 Å². The van der Waals surface area contributed by atoms with E-state index in [2.05, 4.69) is 26.2 Å². The Balaban J connectivity index is 2.12. The van der Waals surface area contributed by atoms with E-state index in [1.807, 2.05) is 0 Å². The normalized spacial score (nSPS) is 10.2. The number of carboxylic acids is 1. The SMILES string of the molecule is O=C(O)Cc1ccc(NC(=O)c2cc(Br)ccc2Cl)cn1. The number of carbonyl (C=O) groups is 2. The van der Waals surface area contributed by atoms with Gasteiger partial charge in [-0.25, -0.2) is 0 Å². The van der Waals surface area contributed by atoms with Gasteiger partial charge in [0.1, 0.15) is 0 Å². The second-order valence-corrected chi connectivity index (χ2v) is 5.51. The highest BCUT2D eigenvalue weighted by molar-refractivity contribution is 9.10. The van der Waals surface area contributed by atoms with Gasteiger partial charge in [0.2, 0.25) is 0 Å². The van der Waals surface area contributed by atoms with Crippen LogP contribution in [-0.4, -0.2) is 22.0 Å². The molecule has 0 fully saturated rings. The van der Waals surface area contributed by atoms with Crippen molar-refractivity contribution in [3.8, 4) is 0 Å². The Labute approximate surface area is 134 Å². The number of benzene rings is 1. The third kappa shape index (κ3) is 4.27. The molecule has 0 saturated carbocycles. The molecule has 0 spiro atoms. The standard InChI is InChI=1S/C14H10BrClN2O3/c15-8-1-4-12(16)11(5-8)14(21)18-10-3-2-9(17-7-10)6-13(19)20/h1-5,7H,6H2,(H,18,21)(H,19,20). The number of anilines is 1. The summed E-state index contributed by atoms with van der Waals surface area (Å²) in [6, 6.07) is 8.11. The minimum Gasteiger partial charge on any atom is -0.481 e. The molecular weight excluding hydrogens is 360 g/mol. The summed E-state index contributed by atoms with van der Waals surface area (Å²) in [4.78, 5) is 26.6. The largest absolute Gasteiger partial charge is 0.481 e. The van der Waals surface area contributed by atoms with Crippen molar-refractivity contribution in [2.45, 2.75) is 6.42 Å². The molecule has 0 saturated heterocycles. The number of amides is 1. The molecule has 0 aliphatic rings. The zero-order valence-corrected chi connectivity index (χ0v) is 13.0. The number of carboxylic acid groups (broad SMARTS) is 1. The summed E-state index contributed by atoms with van der Waals surface area (Å²) in [6.07, 6.45) is 1.24. The molecule has 2 rings (SSSR count). The van der Waals surface area contributed by atoms with Crippen LogP contribution in [0.25, 0.3) is 0 Å². The Morgan fingerprint density at radius 3 is 2.67 bits per heavy atom. The molecule has 0 radical (unpaired) electrons. The summed E-state index contributed by atoms with van der Waals surface area (Å²) >= 11 is 9.25. The fraction of sp³-hybridized carbons (Fsp3) is 0.0714. The molecule has 21 heavy (non-hydrogen) atoms. The van der Waals surface area contributed by atoms with E-state index in [-0.39, 0.29) is 12.3 Å². The number of aliphatic carboxylic acids is 1. The molecule has 2 N–H and O–H groups in total. The van der Waals surface area contributed by atoms with Crippen molar-refractivity contribution in [1.29, 1.82) is 0 Å². The zero-order chi connectivity index (χ0) is 15.4. The summed E-state index contributed by atoms with van der Waals surface area (Å²) in [6.45, 7) is 0. The van der Waals surface area contributed by atoms with Crippen molar-refractivity contribution >= 4 is 45.1 Å². The van der Waals surface area contributed by atoms with Crippen molar-refractivity contribution in [3.05, 3.63) is 57.3 Å². The molecule has 1 aromatic heterocycles.